The lowest BCUT2D eigenvalue weighted by Gasteiger charge is -2.34. The number of aliphatic imine (C=N–C) groups is 1. The number of hydrogen-bond donors (Lipinski definition) is 4. The van der Waals surface area contributed by atoms with Gasteiger partial charge in [0.05, 0.1) is 24.4 Å². The maximum Gasteiger partial charge on any atom is 0.337 e. The van der Waals surface area contributed by atoms with E-state index in [4.69, 9.17) is 10.5 Å². The molecule has 10 nitrogen and oxygen atoms in total. The molecule has 1 unspecified atom stereocenters. The number of para-hydroxylation sites is 1. The first kappa shape index (κ1) is 20.5. The number of aliphatic hydroxyl groups is 1. The molecule has 0 aliphatic carbocycles. The summed E-state index contributed by atoms with van der Waals surface area (Å²) in [5.41, 5.74) is 7.94. The molecule has 2 aromatic rings. The molecule has 0 bridgehead atoms. The number of amidine groups is 1. The first-order valence-electron chi connectivity index (χ1n) is 9.54. The van der Waals surface area contributed by atoms with Gasteiger partial charge in [-0.3, -0.25) is 14.6 Å². The number of anilines is 2. The normalized spacial score (nSPS) is 18.9. The summed E-state index contributed by atoms with van der Waals surface area (Å²) in [4.78, 5) is 42.3. The predicted molar refractivity (Wildman–Crippen MR) is 111 cm³/mol. The van der Waals surface area contributed by atoms with Gasteiger partial charge in [-0.15, -0.1) is 0 Å². The lowest BCUT2D eigenvalue weighted by molar-refractivity contribution is -0.150. The second-order valence-electron chi connectivity index (χ2n) is 7.11. The summed E-state index contributed by atoms with van der Waals surface area (Å²) in [6.07, 6.45) is -3.26. The van der Waals surface area contributed by atoms with E-state index in [0.717, 1.165) is 11.1 Å². The summed E-state index contributed by atoms with van der Waals surface area (Å²) in [7, 11) is 0. The summed E-state index contributed by atoms with van der Waals surface area (Å²) in [6, 6.07) is 11.1. The number of carbonyl (C=O) groups is 3. The number of nitrogens with one attached hydrogen (secondary N) is 1. The van der Waals surface area contributed by atoms with Gasteiger partial charge in [-0.2, -0.15) is 0 Å². The molecule has 0 radical (unpaired) electrons. The largest absolute Gasteiger partial charge is 0.478 e. The van der Waals surface area contributed by atoms with Crippen LogP contribution in [0, 0.1) is 0 Å². The SMILES string of the molecule is NC1=NCc2cc(NC(=O)[C@H](O)C3OCCN(c4ccccc4C(=O)O)C3=O)ccc21. The van der Waals surface area contributed by atoms with Crippen molar-refractivity contribution >= 4 is 35.0 Å². The van der Waals surface area contributed by atoms with Gasteiger partial charge in [0.25, 0.3) is 11.8 Å². The van der Waals surface area contributed by atoms with Crippen LogP contribution in [0.4, 0.5) is 11.4 Å². The van der Waals surface area contributed by atoms with Gasteiger partial charge >= 0.3 is 5.97 Å². The number of nitrogens with two attached hydrogens (primary N) is 1. The number of ether oxygens (including phenoxy) is 1. The standard InChI is InChI=1S/C21H20N4O6/c22-18-13-6-5-12(9-11(13)10-23-18)24-19(27)16(26)17-20(28)25(7-8-31-17)15-4-2-1-3-14(15)21(29)30/h1-6,9,16-17,26H,7-8,10H2,(H2,22,23)(H,24,27)(H,29,30)/t16-,17?/m1/s1. The summed E-state index contributed by atoms with van der Waals surface area (Å²) >= 11 is 0. The third-order valence-electron chi connectivity index (χ3n) is 5.17. The Morgan fingerprint density at radius 2 is 2.03 bits per heavy atom. The zero-order chi connectivity index (χ0) is 22.1. The van der Waals surface area contributed by atoms with Crippen LogP contribution in [-0.4, -0.2) is 59.2 Å². The molecule has 2 aliphatic heterocycles. The minimum absolute atomic E-state index is 0.0319. The first-order valence-corrected chi connectivity index (χ1v) is 9.54. The Labute approximate surface area is 176 Å². The monoisotopic (exact) mass is 424 g/mol. The molecule has 31 heavy (non-hydrogen) atoms. The number of nitrogens with zero attached hydrogens (tertiary/aromatic N) is 2. The van der Waals surface area contributed by atoms with E-state index < -0.39 is 30.0 Å². The molecule has 160 valence electrons. The van der Waals surface area contributed by atoms with Gasteiger partial charge in [0, 0.05) is 17.8 Å². The van der Waals surface area contributed by atoms with Gasteiger partial charge in [-0.25, -0.2) is 4.79 Å². The maximum absolute atomic E-state index is 12.9. The minimum atomic E-state index is -1.79. The van der Waals surface area contributed by atoms with Crippen LogP contribution >= 0.6 is 0 Å². The molecule has 2 aliphatic rings. The zero-order valence-corrected chi connectivity index (χ0v) is 16.3. The van der Waals surface area contributed by atoms with Crippen molar-refractivity contribution in [2.45, 2.75) is 18.8 Å². The van der Waals surface area contributed by atoms with Crippen molar-refractivity contribution < 1.29 is 29.3 Å². The second kappa shape index (κ2) is 8.17. The van der Waals surface area contributed by atoms with Crippen LogP contribution in [0.3, 0.4) is 0 Å². The highest BCUT2D eigenvalue weighted by Crippen LogP contribution is 2.25. The molecule has 2 heterocycles. The Bertz CT molecular complexity index is 1100. The highest BCUT2D eigenvalue weighted by atomic mass is 16.5. The number of fused-ring (bicyclic) bond motifs is 1. The maximum atomic E-state index is 12.9. The topological polar surface area (TPSA) is 155 Å². The fourth-order valence-corrected chi connectivity index (χ4v) is 3.62. The quantitative estimate of drug-likeness (QED) is 0.539. The highest BCUT2D eigenvalue weighted by Gasteiger charge is 2.40. The fraction of sp³-hybridized carbons (Fsp3) is 0.238. The Morgan fingerprint density at radius 1 is 1.26 bits per heavy atom. The summed E-state index contributed by atoms with van der Waals surface area (Å²) < 4.78 is 5.37. The van der Waals surface area contributed by atoms with E-state index in [0.29, 0.717) is 18.1 Å². The molecule has 4 rings (SSSR count). The number of hydrogen-bond acceptors (Lipinski definition) is 7. The number of carbonyl (C=O) groups excluding carboxylic acids is 2. The third kappa shape index (κ3) is 3.86. The van der Waals surface area contributed by atoms with Crippen LogP contribution in [0.25, 0.3) is 0 Å². The summed E-state index contributed by atoms with van der Waals surface area (Å²) in [5, 5.41) is 22.5. The number of carboxylic acid groups (broad SMARTS) is 1. The number of carboxylic acids is 1. The number of aromatic carboxylic acids is 1. The fourth-order valence-electron chi connectivity index (χ4n) is 3.62. The molecule has 1 fully saturated rings. The van der Waals surface area contributed by atoms with Crippen LogP contribution < -0.4 is 16.0 Å². The summed E-state index contributed by atoms with van der Waals surface area (Å²) in [5.74, 6) is -2.28. The van der Waals surface area contributed by atoms with Crippen molar-refractivity contribution in [3.8, 4) is 0 Å². The Kier molecular flexibility index (Phi) is 5.40. The van der Waals surface area contributed by atoms with E-state index in [1.54, 1.807) is 30.3 Å². The van der Waals surface area contributed by atoms with Crippen LogP contribution in [0.5, 0.6) is 0 Å². The van der Waals surface area contributed by atoms with Gasteiger partial charge < -0.3 is 30.9 Å². The van der Waals surface area contributed by atoms with Gasteiger partial charge in [-0.1, -0.05) is 12.1 Å². The molecule has 0 saturated carbocycles. The number of amides is 2. The van der Waals surface area contributed by atoms with E-state index in [1.807, 2.05) is 0 Å². The van der Waals surface area contributed by atoms with Gasteiger partial charge in [-0.05, 0) is 35.9 Å². The molecular weight excluding hydrogens is 404 g/mol. The number of benzene rings is 2. The van der Waals surface area contributed by atoms with Crippen molar-refractivity contribution in [3.05, 3.63) is 59.2 Å². The first-order chi connectivity index (χ1) is 14.9. The van der Waals surface area contributed by atoms with E-state index in [2.05, 4.69) is 10.3 Å². The lowest BCUT2D eigenvalue weighted by Crippen LogP contribution is -2.55. The zero-order valence-electron chi connectivity index (χ0n) is 16.3. The van der Waals surface area contributed by atoms with Crippen LogP contribution in [0.2, 0.25) is 0 Å². The molecule has 2 atom stereocenters. The Balaban J connectivity index is 1.49. The second-order valence-corrected chi connectivity index (χ2v) is 7.11. The molecule has 1 saturated heterocycles. The van der Waals surface area contributed by atoms with Gasteiger partial charge in [0.15, 0.2) is 12.2 Å². The highest BCUT2D eigenvalue weighted by molar-refractivity contribution is 6.07. The number of morpholine rings is 1. The molecule has 2 aromatic carbocycles. The molecule has 0 spiro atoms. The molecule has 5 N–H and O–H groups in total. The van der Waals surface area contributed by atoms with Crippen molar-refractivity contribution in [1.82, 2.24) is 0 Å². The van der Waals surface area contributed by atoms with Crippen molar-refractivity contribution in [2.24, 2.45) is 10.7 Å². The van der Waals surface area contributed by atoms with Crippen LogP contribution in [0.15, 0.2) is 47.5 Å². The number of rotatable bonds is 5. The van der Waals surface area contributed by atoms with E-state index in [1.165, 1.54) is 17.0 Å². The lowest BCUT2D eigenvalue weighted by atomic mass is 10.1. The van der Waals surface area contributed by atoms with E-state index >= 15 is 0 Å². The molecule has 10 heteroatoms. The van der Waals surface area contributed by atoms with Crippen molar-refractivity contribution in [3.63, 3.8) is 0 Å². The van der Waals surface area contributed by atoms with Gasteiger partial charge in [0.2, 0.25) is 0 Å². The molecule has 0 aromatic heterocycles. The van der Waals surface area contributed by atoms with E-state index in [-0.39, 0.29) is 24.4 Å². The van der Waals surface area contributed by atoms with Gasteiger partial charge in [0.1, 0.15) is 5.84 Å². The average molecular weight is 424 g/mol. The minimum Gasteiger partial charge on any atom is -0.478 e. The van der Waals surface area contributed by atoms with Crippen molar-refractivity contribution in [2.75, 3.05) is 23.4 Å². The van der Waals surface area contributed by atoms with E-state index in [9.17, 15) is 24.6 Å². The summed E-state index contributed by atoms with van der Waals surface area (Å²) in [6.45, 7) is 0.528. The smallest absolute Gasteiger partial charge is 0.337 e. The Morgan fingerprint density at radius 3 is 2.81 bits per heavy atom. The van der Waals surface area contributed by atoms with Crippen molar-refractivity contribution in [1.29, 1.82) is 0 Å². The predicted octanol–water partition coefficient (Wildman–Crippen LogP) is 0.335. The van der Waals surface area contributed by atoms with Crippen LogP contribution in [0.1, 0.15) is 21.5 Å². The van der Waals surface area contributed by atoms with Crippen LogP contribution in [-0.2, 0) is 20.9 Å². The Hall–Kier alpha value is -3.76. The molecule has 2 amide bonds. The third-order valence-corrected chi connectivity index (χ3v) is 5.17. The molecular formula is C21H20N4O6. The number of aliphatic hydroxyl groups excluding tert-OH is 1. The average Bonchev–Trinajstić information content (AvgIpc) is 3.13.